The lowest BCUT2D eigenvalue weighted by atomic mass is 9.62. The summed E-state index contributed by atoms with van der Waals surface area (Å²) < 4.78 is 77.1. The van der Waals surface area contributed by atoms with Crippen molar-refractivity contribution >= 4 is 35.1 Å². The van der Waals surface area contributed by atoms with Crippen LogP contribution in [0.4, 0.5) is 22.0 Å². The van der Waals surface area contributed by atoms with Gasteiger partial charge < -0.3 is 14.6 Å². The number of benzene rings is 2. The number of hydrogen-bond donors (Lipinski definition) is 2. The lowest BCUT2D eigenvalue weighted by molar-refractivity contribution is -0.200. The monoisotopic (exact) mass is 636 g/mol. The van der Waals surface area contributed by atoms with Crippen LogP contribution in [0.1, 0.15) is 43.7 Å². The lowest BCUT2D eigenvalue weighted by Crippen LogP contribution is -2.45. The molecule has 4 atom stereocenters. The maximum absolute atomic E-state index is 15.5. The Hall–Kier alpha value is -2.98. The van der Waals surface area contributed by atoms with Crippen LogP contribution in [0.5, 0.6) is 0 Å². The van der Waals surface area contributed by atoms with E-state index in [1.54, 1.807) is 13.8 Å². The number of nitrogens with one attached hydrogen (secondary N) is 1. The first-order chi connectivity index (χ1) is 19.5. The van der Waals surface area contributed by atoms with Crippen molar-refractivity contribution in [2.24, 2.45) is 5.41 Å². The summed E-state index contributed by atoms with van der Waals surface area (Å²) in [5.74, 6) is -6.98. The van der Waals surface area contributed by atoms with Gasteiger partial charge in [-0.25, -0.2) is 13.6 Å². The van der Waals surface area contributed by atoms with Crippen molar-refractivity contribution < 1.29 is 46.1 Å². The van der Waals surface area contributed by atoms with E-state index in [0.717, 1.165) is 6.07 Å². The average molecular weight is 637 g/mol. The Morgan fingerprint density at radius 2 is 1.81 bits per heavy atom. The summed E-state index contributed by atoms with van der Waals surface area (Å²) in [6.07, 6.45) is -4.79. The summed E-state index contributed by atoms with van der Waals surface area (Å²) >= 11 is 12.0. The molecule has 0 saturated carbocycles. The number of carboxylic acids is 1. The molecule has 2 N–H and O–H groups in total. The number of carbonyl (C=O) groups is 2. The zero-order chi connectivity index (χ0) is 31.5. The van der Waals surface area contributed by atoms with Gasteiger partial charge in [-0.05, 0) is 42.0 Å². The summed E-state index contributed by atoms with van der Waals surface area (Å²) in [6, 6.07) is 7.14. The van der Waals surface area contributed by atoms with Crippen LogP contribution in [-0.4, -0.2) is 55.1 Å². The van der Waals surface area contributed by atoms with Crippen molar-refractivity contribution in [3.8, 4) is 6.07 Å². The Labute approximate surface area is 248 Å². The third-order valence-electron chi connectivity index (χ3n) is 7.27. The molecule has 42 heavy (non-hydrogen) atoms. The molecule has 0 spiro atoms. The van der Waals surface area contributed by atoms with Crippen molar-refractivity contribution in [2.45, 2.75) is 56.3 Å². The van der Waals surface area contributed by atoms with Crippen molar-refractivity contribution in [3.05, 3.63) is 69.2 Å². The molecule has 1 saturated heterocycles. The zero-order valence-electron chi connectivity index (χ0n) is 22.4. The number of ether oxygens (including phenoxy) is 2. The maximum atomic E-state index is 15.5. The minimum absolute atomic E-state index is 0.00680. The number of carboxylic acid groups (broad SMARTS) is 1. The number of halogens is 7. The molecule has 0 amide bonds. The number of alkyl halides is 3. The first-order valence-corrected chi connectivity index (χ1v) is 13.4. The minimum Gasteiger partial charge on any atom is -0.480 e. The predicted octanol–water partition coefficient (Wildman–Crippen LogP) is 6.17. The van der Waals surface area contributed by atoms with E-state index in [-0.39, 0.29) is 47.2 Å². The smallest absolute Gasteiger partial charge is 0.480 e. The van der Waals surface area contributed by atoms with E-state index in [1.165, 1.54) is 30.3 Å². The van der Waals surface area contributed by atoms with Gasteiger partial charge in [-0.15, -0.1) is 0 Å². The van der Waals surface area contributed by atoms with Crippen LogP contribution < -0.4 is 5.32 Å². The Balaban J connectivity index is 1.94. The molecule has 3 rings (SSSR count). The molecule has 14 heteroatoms. The van der Waals surface area contributed by atoms with Gasteiger partial charge in [0.2, 0.25) is 0 Å². The zero-order valence-corrected chi connectivity index (χ0v) is 23.9. The predicted molar refractivity (Wildman–Crippen MR) is 142 cm³/mol. The fourth-order valence-corrected chi connectivity index (χ4v) is 5.65. The summed E-state index contributed by atoms with van der Waals surface area (Å²) in [5.41, 5.74) is -3.04. The standard InChI is InChI=1S/C28H27Cl2F5N2O5/c1-26(2,8-9-41-10-11-42-25(40)28(33,34)35)13-20-27(14-36,17-7-6-15(29)12-19(17)31)21(23(37-20)24(38)39)16-4-3-5-18(30)22(16)32/h3-7,12,20-21,23,37H,8-11,13H2,1-2H3,(H,38,39)/t20-,21-,23+,27-/m0/s1. The second-order valence-electron chi connectivity index (χ2n) is 10.6. The van der Waals surface area contributed by atoms with Gasteiger partial charge >= 0.3 is 18.1 Å². The highest BCUT2D eigenvalue weighted by atomic mass is 35.5. The quantitative estimate of drug-likeness (QED) is 0.172. The number of esters is 1. The fourth-order valence-electron chi connectivity index (χ4n) is 5.31. The van der Waals surface area contributed by atoms with Crippen LogP contribution in [0.3, 0.4) is 0 Å². The summed E-state index contributed by atoms with van der Waals surface area (Å²) in [5, 5.41) is 23.5. The third kappa shape index (κ3) is 7.14. The maximum Gasteiger partial charge on any atom is 0.490 e. The lowest BCUT2D eigenvalue weighted by Gasteiger charge is -2.38. The van der Waals surface area contributed by atoms with Gasteiger partial charge in [0, 0.05) is 29.2 Å². The number of nitrogens with zero attached hydrogens (tertiary/aromatic N) is 1. The van der Waals surface area contributed by atoms with E-state index in [1.807, 2.05) is 0 Å². The normalized spacial score (nSPS) is 22.5. The molecule has 2 aromatic rings. The number of nitriles is 1. The van der Waals surface area contributed by atoms with E-state index in [2.05, 4.69) is 16.1 Å². The van der Waals surface area contributed by atoms with Gasteiger partial charge in [0.25, 0.3) is 0 Å². The Kier molecular flexibility index (Phi) is 10.5. The van der Waals surface area contributed by atoms with Crippen LogP contribution in [0.15, 0.2) is 36.4 Å². The summed E-state index contributed by atoms with van der Waals surface area (Å²) in [4.78, 5) is 23.3. The van der Waals surface area contributed by atoms with Gasteiger partial charge in [-0.1, -0.05) is 55.2 Å². The van der Waals surface area contributed by atoms with Gasteiger partial charge in [-0.2, -0.15) is 18.4 Å². The second kappa shape index (κ2) is 13.1. The molecule has 1 aliphatic heterocycles. The van der Waals surface area contributed by atoms with Crippen molar-refractivity contribution in [3.63, 3.8) is 0 Å². The molecule has 1 aliphatic rings. The van der Waals surface area contributed by atoms with E-state index in [9.17, 15) is 33.1 Å². The molecule has 1 fully saturated rings. The Morgan fingerprint density at radius 3 is 2.40 bits per heavy atom. The van der Waals surface area contributed by atoms with Crippen LogP contribution >= 0.6 is 23.2 Å². The van der Waals surface area contributed by atoms with Crippen molar-refractivity contribution in [1.82, 2.24) is 5.32 Å². The molecule has 0 aliphatic carbocycles. The first kappa shape index (κ1) is 33.5. The SMILES string of the molecule is CC(C)(CCOCCOC(=O)C(F)(F)F)C[C@@H]1N[C@@H](C(=O)O)[C@H](c2cccc(Cl)c2F)[C@@]1(C#N)c1ccc(Cl)cc1F. The van der Waals surface area contributed by atoms with Gasteiger partial charge in [0.1, 0.15) is 29.7 Å². The highest BCUT2D eigenvalue weighted by Gasteiger charge is 2.61. The average Bonchev–Trinajstić information content (AvgIpc) is 3.21. The number of carbonyl (C=O) groups excluding carboxylic acids is 1. The molecule has 0 aromatic heterocycles. The second-order valence-corrected chi connectivity index (χ2v) is 11.5. The largest absolute Gasteiger partial charge is 0.490 e. The molecule has 0 bridgehead atoms. The van der Waals surface area contributed by atoms with Gasteiger partial charge in [-0.3, -0.25) is 10.1 Å². The first-order valence-electron chi connectivity index (χ1n) is 12.7. The Morgan fingerprint density at radius 1 is 1.12 bits per heavy atom. The van der Waals surface area contributed by atoms with Crippen LogP contribution in [0, 0.1) is 28.4 Å². The fraction of sp³-hybridized carbons (Fsp3) is 0.464. The van der Waals surface area contributed by atoms with Crippen LogP contribution in [0.2, 0.25) is 10.0 Å². The van der Waals surface area contributed by atoms with Crippen LogP contribution in [-0.2, 0) is 24.5 Å². The van der Waals surface area contributed by atoms with Gasteiger partial charge in [0.15, 0.2) is 0 Å². The molecule has 0 radical (unpaired) electrons. The highest BCUT2D eigenvalue weighted by molar-refractivity contribution is 6.31. The molecule has 228 valence electrons. The highest BCUT2D eigenvalue weighted by Crippen LogP contribution is 2.53. The number of aliphatic carboxylic acids is 1. The van der Waals surface area contributed by atoms with Crippen LogP contribution in [0.25, 0.3) is 0 Å². The molecule has 0 unspecified atom stereocenters. The topological polar surface area (TPSA) is 109 Å². The van der Waals surface area contributed by atoms with E-state index in [0.29, 0.717) is 0 Å². The molecular weight excluding hydrogens is 610 g/mol. The van der Waals surface area contributed by atoms with E-state index >= 15 is 8.78 Å². The van der Waals surface area contributed by atoms with Crippen molar-refractivity contribution in [1.29, 1.82) is 5.26 Å². The number of rotatable bonds is 11. The molecule has 7 nitrogen and oxygen atoms in total. The molecular formula is C28H27Cl2F5N2O5. The van der Waals surface area contributed by atoms with E-state index < -0.39 is 65.2 Å². The Bertz CT molecular complexity index is 1370. The molecule has 2 aromatic carbocycles. The third-order valence-corrected chi connectivity index (χ3v) is 7.80. The molecule has 1 heterocycles. The van der Waals surface area contributed by atoms with Crippen molar-refractivity contribution in [2.75, 3.05) is 19.8 Å². The summed E-state index contributed by atoms with van der Waals surface area (Å²) in [7, 11) is 0. The number of hydrogen-bond acceptors (Lipinski definition) is 6. The summed E-state index contributed by atoms with van der Waals surface area (Å²) in [6.45, 7) is 2.61. The van der Waals surface area contributed by atoms with E-state index in [4.69, 9.17) is 27.9 Å². The minimum atomic E-state index is -5.12. The van der Waals surface area contributed by atoms with Gasteiger partial charge in [0.05, 0.1) is 17.7 Å².